The Kier molecular flexibility index (Phi) is 6.82. The first-order valence-electron chi connectivity index (χ1n) is 8.29. The zero-order valence-electron chi connectivity index (χ0n) is 14.1. The van der Waals surface area contributed by atoms with Crippen molar-refractivity contribution >= 4 is 0 Å². The fraction of sp³-hybridized carbons (Fsp3) is 1.00. The maximum absolute atomic E-state index is 3.79. The Morgan fingerprint density at radius 1 is 1.32 bits per heavy atom. The van der Waals surface area contributed by atoms with Gasteiger partial charge in [-0.15, -0.1) is 0 Å². The van der Waals surface area contributed by atoms with E-state index in [1.54, 1.807) is 0 Å². The second-order valence-corrected chi connectivity index (χ2v) is 7.70. The third kappa shape index (κ3) is 5.83. The Morgan fingerprint density at radius 3 is 2.58 bits per heavy atom. The van der Waals surface area contributed by atoms with E-state index in [2.05, 4.69) is 51.9 Å². The van der Waals surface area contributed by atoms with E-state index in [0.717, 1.165) is 5.92 Å². The fourth-order valence-electron chi connectivity index (χ4n) is 3.21. The molecule has 1 aliphatic carbocycles. The quantitative estimate of drug-likeness (QED) is 0.753. The highest BCUT2D eigenvalue weighted by Crippen LogP contribution is 2.37. The fourth-order valence-corrected chi connectivity index (χ4v) is 3.21. The third-order valence-corrected chi connectivity index (χ3v) is 4.64. The van der Waals surface area contributed by atoms with Gasteiger partial charge in [-0.1, -0.05) is 34.6 Å². The van der Waals surface area contributed by atoms with Crippen LogP contribution in [-0.2, 0) is 0 Å². The van der Waals surface area contributed by atoms with Crippen molar-refractivity contribution in [3.8, 4) is 0 Å². The van der Waals surface area contributed by atoms with Crippen LogP contribution in [0, 0.1) is 11.3 Å². The minimum atomic E-state index is 0.515. The van der Waals surface area contributed by atoms with Gasteiger partial charge in [0.1, 0.15) is 0 Å². The second kappa shape index (κ2) is 7.64. The SMILES string of the molecule is CCCNC1CCC(C)(C)CC1N(C)CCC(C)C. The van der Waals surface area contributed by atoms with Gasteiger partial charge in [-0.25, -0.2) is 0 Å². The molecule has 1 N–H and O–H groups in total. The summed E-state index contributed by atoms with van der Waals surface area (Å²) in [5.74, 6) is 0.807. The van der Waals surface area contributed by atoms with Crippen LogP contribution in [0.25, 0.3) is 0 Å². The molecular formula is C17H36N2. The largest absolute Gasteiger partial charge is 0.312 e. The molecule has 1 rings (SSSR count). The Labute approximate surface area is 121 Å². The number of rotatable bonds is 7. The lowest BCUT2D eigenvalue weighted by Crippen LogP contribution is -2.54. The summed E-state index contributed by atoms with van der Waals surface area (Å²) in [6.07, 6.45) is 6.59. The van der Waals surface area contributed by atoms with Crippen molar-refractivity contribution in [2.24, 2.45) is 11.3 Å². The van der Waals surface area contributed by atoms with Gasteiger partial charge in [-0.2, -0.15) is 0 Å². The molecule has 0 aliphatic heterocycles. The minimum absolute atomic E-state index is 0.515. The maximum atomic E-state index is 3.79. The summed E-state index contributed by atoms with van der Waals surface area (Å²) in [6, 6.07) is 1.42. The molecule has 0 amide bonds. The molecule has 0 aromatic heterocycles. The van der Waals surface area contributed by atoms with Gasteiger partial charge >= 0.3 is 0 Å². The Morgan fingerprint density at radius 2 is 2.00 bits per heavy atom. The zero-order chi connectivity index (χ0) is 14.5. The molecule has 0 spiro atoms. The van der Waals surface area contributed by atoms with Crippen LogP contribution in [0.3, 0.4) is 0 Å². The number of nitrogens with zero attached hydrogens (tertiary/aromatic N) is 1. The number of hydrogen-bond acceptors (Lipinski definition) is 2. The normalized spacial score (nSPS) is 27.2. The molecule has 19 heavy (non-hydrogen) atoms. The molecule has 2 unspecified atom stereocenters. The molecule has 0 radical (unpaired) electrons. The summed E-state index contributed by atoms with van der Waals surface area (Å²) in [5.41, 5.74) is 0.515. The average Bonchev–Trinajstić information content (AvgIpc) is 2.33. The molecule has 0 heterocycles. The Balaban J connectivity index is 2.59. The van der Waals surface area contributed by atoms with E-state index in [0.29, 0.717) is 17.5 Å². The Hall–Kier alpha value is -0.0800. The molecule has 1 aliphatic rings. The first kappa shape index (κ1) is 17.0. The van der Waals surface area contributed by atoms with Crippen molar-refractivity contribution in [3.63, 3.8) is 0 Å². The summed E-state index contributed by atoms with van der Waals surface area (Å²) < 4.78 is 0. The van der Waals surface area contributed by atoms with Crippen LogP contribution in [0.2, 0.25) is 0 Å². The molecule has 0 aromatic carbocycles. The number of hydrogen-bond donors (Lipinski definition) is 1. The van der Waals surface area contributed by atoms with Crippen molar-refractivity contribution in [2.75, 3.05) is 20.1 Å². The Bertz CT molecular complexity index is 248. The van der Waals surface area contributed by atoms with E-state index in [1.807, 2.05) is 0 Å². The highest BCUT2D eigenvalue weighted by Gasteiger charge is 2.36. The zero-order valence-corrected chi connectivity index (χ0v) is 14.1. The molecule has 0 aromatic rings. The summed E-state index contributed by atoms with van der Waals surface area (Å²) in [5, 5.41) is 3.79. The summed E-state index contributed by atoms with van der Waals surface area (Å²) in [6.45, 7) is 14.2. The topological polar surface area (TPSA) is 15.3 Å². The van der Waals surface area contributed by atoms with Crippen molar-refractivity contribution in [3.05, 3.63) is 0 Å². The van der Waals surface area contributed by atoms with E-state index in [-0.39, 0.29) is 0 Å². The molecule has 2 atom stereocenters. The maximum Gasteiger partial charge on any atom is 0.0251 e. The molecule has 0 saturated heterocycles. The van der Waals surface area contributed by atoms with Crippen molar-refractivity contribution in [1.82, 2.24) is 10.2 Å². The van der Waals surface area contributed by atoms with Gasteiger partial charge in [0.15, 0.2) is 0 Å². The predicted molar refractivity (Wildman–Crippen MR) is 85.6 cm³/mol. The standard InChI is InChI=1S/C17H36N2/c1-7-11-18-15-8-10-17(4,5)13-16(15)19(6)12-9-14(2)3/h14-16,18H,7-13H2,1-6H3. The van der Waals surface area contributed by atoms with Gasteiger partial charge in [0, 0.05) is 12.1 Å². The number of likely N-dealkylation sites (N-methyl/N-ethyl adjacent to an activating group) is 1. The van der Waals surface area contributed by atoms with Gasteiger partial charge in [-0.05, 0) is 63.6 Å². The third-order valence-electron chi connectivity index (χ3n) is 4.64. The molecule has 114 valence electrons. The average molecular weight is 268 g/mol. The van der Waals surface area contributed by atoms with Crippen LogP contribution in [0.5, 0.6) is 0 Å². The molecule has 2 heteroatoms. The van der Waals surface area contributed by atoms with E-state index in [1.165, 1.54) is 45.2 Å². The lowest BCUT2D eigenvalue weighted by atomic mass is 9.72. The molecule has 1 fully saturated rings. The monoisotopic (exact) mass is 268 g/mol. The van der Waals surface area contributed by atoms with Crippen LogP contribution in [-0.4, -0.2) is 37.1 Å². The number of nitrogens with one attached hydrogen (secondary N) is 1. The van der Waals surface area contributed by atoms with Gasteiger partial charge in [-0.3, -0.25) is 0 Å². The van der Waals surface area contributed by atoms with Crippen molar-refractivity contribution in [1.29, 1.82) is 0 Å². The molecule has 1 saturated carbocycles. The van der Waals surface area contributed by atoms with Crippen LogP contribution in [0.4, 0.5) is 0 Å². The first-order valence-corrected chi connectivity index (χ1v) is 8.29. The first-order chi connectivity index (χ1) is 8.85. The lowest BCUT2D eigenvalue weighted by Gasteiger charge is -2.45. The van der Waals surface area contributed by atoms with Crippen LogP contribution in [0.1, 0.15) is 66.7 Å². The van der Waals surface area contributed by atoms with Crippen LogP contribution in [0.15, 0.2) is 0 Å². The summed E-state index contributed by atoms with van der Waals surface area (Å²) in [4.78, 5) is 2.62. The van der Waals surface area contributed by atoms with E-state index in [4.69, 9.17) is 0 Å². The van der Waals surface area contributed by atoms with E-state index < -0.39 is 0 Å². The summed E-state index contributed by atoms with van der Waals surface area (Å²) >= 11 is 0. The predicted octanol–water partition coefficient (Wildman–Crippen LogP) is 3.91. The van der Waals surface area contributed by atoms with Gasteiger partial charge < -0.3 is 10.2 Å². The second-order valence-electron chi connectivity index (χ2n) is 7.70. The van der Waals surface area contributed by atoms with Gasteiger partial charge in [0.05, 0.1) is 0 Å². The summed E-state index contributed by atoms with van der Waals surface area (Å²) in [7, 11) is 2.33. The van der Waals surface area contributed by atoms with E-state index in [9.17, 15) is 0 Å². The molecule has 0 bridgehead atoms. The molecular weight excluding hydrogens is 232 g/mol. The smallest absolute Gasteiger partial charge is 0.0251 e. The molecule has 2 nitrogen and oxygen atoms in total. The van der Waals surface area contributed by atoms with Crippen molar-refractivity contribution < 1.29 is 0 Å². The van der Waals surface area contributed by atoms with Crippen LogP contribution >= 0.6 is 0 Å². The highest BCUT2D eigenvalue weighted by molar-refractivity contribution is 4.93. The van der Waals surface area contributed by atoms with Crippen molar-refractivity contribution in [2.45, 2.75) is 78.8 Å². The van der Waals surface area contributed by atoms with E-state index >= 15 is 0 Å². The minimum Gasteiger partial charge on any atom is -0.312 e. The highest BCUT2D eigenvalue weighted by atomic mass is 15.2. The lowest BCUT2D eigenvalue weighted by molar-refractivity contribution is 0.0791. The van der Waals surface area contributed by atoms with Crippen LogP contribution < -0.4 is 5.32 Å². The van der Waals surface area contributed by atoms with Gasteiger partial charge in [0.25, 0.3) is 0 Å². The van der Waals surface area contributed by atoms with Gasteiger partial charge in [0.2, 0.25) is 0 Å².